The van der Waals surface area contributed by atoms with E-state index in [9.17, 15) is 14.0 Å². The molecule has 13 heteroatoms. The van der Waals surface area contributed by atoms with E-state index in [0.29, 0.717) is 58.6 Å². The molecule has 2 aliphatic rings. The molecule has 0 aliphatic carbocycles. The molecule has 3 aromatic carbocycles. The number of fused-ring (bicyclic) bond motifs is 3. The van der Waals surface area contributed by atoms with Crippen molar-refractivity contribution in [3.8, 4) is 40.2 Å². The topological polar surface area (TPSA) is 113 Å². The Kier molecular flexibility index (Phi) is 9.96. The molecule has 0 bridgehead atoms. The maximum absolute atomic E-state index is 13.5. The number of methoxy groups -OCH3 is 1. The van der Waals surface area contributed by atoms with Crippen molar-refractivity contribution in [2.45, 2.75) is 38.8 Å². The molecule has 1 fully saturated rings. The van der Waals surface area contributed by atoms with Gasteiger partial charge in [-0.3, -0.25) is 24.0 Å². The molecular weight excluding hydrogens is 679 g/mol. The average molecular weight is 715 g/mol. The number of anilines is 1. The number of pyridine rings is 2. The number of likely N-dealkylation sites (tertiary alicyclic amines) is 1. The van der Waals surface area contributed by atoms with Gasteiger partial charge in [0.25, 0.3) is 11.5 Å². The fourth-order valence-corrected chi connectivity index (χ4v) is 6.61. The molecule has 0 radical (unpaired) electrons. The van der Waals surface area contributed by atoms with Gasteiger partial charge in [0.05, 0.1) is 28.7 Å². The van der Waals surface area contributed by atoms with E-state index in [1.165, 1.54) is 54.6 Å². The SMILES string of the molecule is CCC(Oc1cc2nccc(Oc3ccc(NC(=O)c4c(OC)ccn(-c5ccc(F)cc5)c4=O)c(Cl)c3)c2c2c1OCCO2)N1CCCCC1. The third-order valence-electron chi connectivity index (χ3n) is 8.88. The van der Waals surface area contributed by atoms with Crippen LogP contribution >= 0.6 is 11.6 Å². The lowest BCUT2D eigenvalue weighted by Gasteiger charge is -2.34. The first kappa shape index (κ1) is 34.1. The van der Waals surface area contributed by atoms with E-state index in [1.54, 1.807) is 30.5 Å². The standard InChI is InChI=1S/C38H36ClFN4O7/c1-3-32(43-16-5-4-6-17-43)51-31-22-28-33(36-35(31)48-19-20-49-36)30(13-15-41-28)50-25-11-12-27(26(39)21-25)42-37(45)34-29(47-2)14-18-44(38(34)46)24-9-7-23(40)8-10-24/h7-15,18,21-22,32H,3-6,16-17,19-20H2,1-2H3,(H,42,45). The summed E-state index contributed by atoms with van der Waals surface area (Å²) >= 11 is 6.64. The molecule has 11 nitrogen and oxygen atoms in total. The number of ether oxygens (including phenoxy) is 5. The van der Waals surface area contributed by atoms with E-state index < -0.39 is 17.3 Å². The predicted molar refractivity (Wildman–Crippen MR) is 191 cm³/mol. The largest absolute Gasteiger partial charge is 0.496 e. The molecule has 7 rings (SSSR count). The Balaban J connectivity index is 1.15. The Morgan fingerprint density at radius 1 is 0.980 bits per heavy atom. The molecule has 51 heavy (non-hydrogen) atoms. The molecular formula is C38H36ClFN4O7. The molecule has 264 valence electrons. The summed E-state index contributed by atoms with van der Waals surface area (Å²) < 4.78 is 45.2. The van der Waals surface area contributed by atoms with E-state index in [2.05, 4.69) is 22.1 Å². The van der Waals surface area contributed by atoms with Crippen LogP contribution < -0.4 is 34.6 Å². The van der Waals surface area contributed by atoms with Gasteiger partial charge < -0.3 is 29.0 Å². The monoisotopic (exact) mass is 714 g/mol. The first-order valence-corrected chi connectivity index (χ1v) is 17.2. The number of carbonyl (C=O) groups is 1. The van der Waals surface area contributed by atoms with Crippen LogP contribution in [-0.4, -0.2) is 60.0 Å². The minimum Gasteiger partial charge on any atom is -0.496 e. The minimum atomic E-state index is -0.739. The van der Waals surface area contributed by atoms with Crippen LogP contribution in [0.5, 0.6) is 34.5 Å². The van der Waals surface area contributed by atoms with Gasteiger partial charge in [-0.25, -0.2) is 4.39 Å². The fraction of sp³-hybridized carbons (Fsp3) is 0.289. The average Bonchev–Trinajstić information content (AvgIpc) is 3.15. The Hall–Kier alpha value is -5.33. The molecule has 1 atom stereocenters. The lowest BCUT2D eigenvalue weighted by molar-refractivity contribution is 0.00665. The molecule has 4 heterocycles. The summed E-state index contributed by atoms with van der Waals surface area (Å²) in [6.45, 7) is 4.82. The van der Waals surface area contributed by atoms with Crippen LogP contribution in [0.3, 0.4) is 0 Å². The minimum absolute atomic E-state index is 0.0660. The van der Waals surface area contributed by atoms with Crippen LogP contribution in [-0.2, 0) is 0 Å². The van der Waals surface area contributed by atoms with Crippen LogP contribution in [0, 0.1) is 5.82 Å². The van der Waals surface area contributed by atoms with E-state index in [-0.39, 0.29) is 28.3 Å². The van der Waals surface area contributed by atoms with E-state index >= 15 is 0 Å². The number of piperidine rings is 1. The first-order chi connectivity index (χ1) is 24.8. The number of nitrogens with zero attached hydrogens (tertiary/aromatic N) is 3. The highest BCUT2D eigenvalue weighted by Gasteiger charge is 2.28. The number of aromatic nitrogens is 2. The van der Waals surface area contributed by atoms with Crippen LogP contribution in [0.2, 0.25) is 5.02 Å². The zero-order chi connectivity index (χ0) is 35.5. The number of rotatable bonds is 10. The summed E-state index contributed by atoms with van der Waals surface area (Å²) in [5.74, 6) is 1.28. The van der Waals surface area contributed by atoms with Crippen molar-refractivity contribution in [1.29, 1.82) is 0 Å². The van der Waals surface area contributed by atoms with Crippen molar-refractivity contribution < 1.29 is 32.9 Å². The molecule has 0 saturated carbocycles. The summed E-state index contributed by atoms with van der Waals surface area (Å²) in [5, 5.41) is 3.48. The number of nitrogens with one attached hydrogen (secondary N) is 1. The zero-order valence-electron chi connectivity index (χ0n) is 28.1. The highest BCUT2D eigenvalue weighted by molar-refractivity contribution is 6.34. The van der Waals surface area contributed by atoms with Crippen LogP contribution in [0.25, 0.3) is 16.6 Å². The van der Waals surface area contributed by atoms with Gasteiger partial charge in [-0.05, 0) is 67.8 Å². The van der Waals surface area contributed by atoms with Gasteiger partial charge in [0, 0.05) is 43.3 Å². The maximum atomic E-state index is 13.5. The highest BCUT2D eigenvalue weighted by atomic mass is 35.5. The molecule has 1 N–H and O–H groups in total. The number of hydrogen-bond donors (Lipinski definition) is 1. The summed E-state index contributed by atoms with van der Waals surface area (Å²) in [6, 6.07) is 15.1. The second-order valence-corrected chi connectivity index (χ2v) is 12.5. The number of carbonyl (C=O) groups excluding carboxylic acids is 1. The molecule has 0 spiro atoms. The van der Waals surface area contributed by atoms with Crippen molar-refractivity contribution in [3.05, 3.63) is 99.8 Å². The lowest BCUT2D eigenvalue weighted by Crippen LogP contribution is -2.42. The normalized spacial score (nSPS) is 14.9. The Bertz CT molecular complexity index is 2140. The molecule has 1 unspecified atom stereocenters. The Morgan fingerprint density at radius 2 is 1.75 bits per heavy atom. The van der Waals surface area contributed by atoms with Crippen LogP contribution in [0.1, 0.15) is 43.0 Å². The smallest absolute Gasteiger partial charge is 0.271 e. The van der Waals surface area contributed by atoms with Crippen molar-refractivity contribution in [2.75, 3.05) is 38.7 Å². The van der Waals surface area contributed by atoms with Gasteiger partial charge in [0.2, 0.25) is 5.75 Å². The van der Waals surface area contributed by atoms with Crippen LogP contribution in [0.4, 0.5) is 10.1 Å². The highest BCUT2D eigenvalue weighted by Crippen LogP contribution is 2.49. The van der Waals surface area contributed by atoms with Crippen molar-refractivity contribution >= 4 is 34.1 Å². The van der Waals surface area contributed by atoms with Gasteiger partial charge in [0.1, 0.15) is 41.8 Å². The molecule has 2 aromatic heterocycles. The van der Waals surface area contributed by atoms with E-state index in [4.69, 9.17) is 35.3 Å². The Morgan fingerprint density at radius 3 is 2.47 bits per heavy atom. The number of halogens is 2. The summed E-state index contributed by atoms with van der Waals surface area (Å²) in [5.41, 5.74) is 0.325. The fourth-order valence-electron chi connectivity index (χ4n) is 6.39. The van der Waals surface area contributed by atoms with Gasteiger partial charge in [0.15, 0.2) is 17.7 Å². The van der Waals surface area contributed by atoms with E-state index in [0.717, 1.165) is 32.4 Å². The molecule has 2 aliphatic heterocycles. The predicted octanol–water partition coefficient (Wildman–Crippen LogP) is 7.60. The molecule has 5 aromatic rings. The maximum Gasteiger partial charge on any atom is 0.271 e. The third-order valence-corrected chi connectivity index (χ3v) is 9.19. The molecule has 1 amide bonds. The van der Waals surface area contributed by atoms with Gasteiger partial charge in [-0.2, -0.15) is 0 Å². The summed E-state index contributed by atoms with van der Waals surface area (Å²) in [6.07, 6.45) is 7.34. The zero-order valence-corrected chi connectivity index (χ0v) is 28.9. The number of benzene rings is 3. The van der Waals surface area contributed by atoms with Gasteiger partial charge >= 0.3 is 0 Å². The Labute approximate surface area is 298 Å². The van der Waals surface area contributed by atoms with Gasteiger partial charge in [-0.15, -0.1) is 0 Å². The van der Waals surface area contributed by atoms with Crippen molar-refractivity contribution in [2.24, 2.45) is 0 Å². The second kappa shape index (κ2) is 14.9. The lowest BCUT2D eigenvalue weighted by atomic mass is 10.1. The third kappa shape index (κ3) is 7.02. The van der Waals surface area contributed by atoms with Gasteiger partial charge in [-0.1, -0.05) is 24.9 Å². The number of hydrogen-bond acceptors (Lipinski definition) is 9. The van der Waals surface area contributed by atoms with Crippen LogP contribution in [0.15, 0.2) is 77.9 Å². The van der Waals surface area contributed by atoms with Crippen molar-refractivity contribution in [1.82, 2.24) is 14.5 Å². The summed E-state index contributed by atoms with van der Waals surface area (Å²) in [7, 11) is 1.36. The summed E-state index contributed by atoms with van der Waals surface area (Å²) in [4.78, 5) is 33.9. The second-order valence-electron chi connectivity index (χ2n) is 12.1. The molecule has 1 saturated heterocycles. The van der Waals surface area contributed by atoms with Crippen molar-refractivity contribution in [3.63, 3.8) is 0 Å². The van der Waals surface area contributed by atoms with E-state index in [1.807, 2.05) is 6.07 Å². The first-order valence-electron chi connectivity index (χ1n) is 16.8. The number of amides is 1. The quantitative estimate of drug-likeness (QED) is 0.156.